The van der Waals surface area contributed by atoms with E-state index in [9.17, 15) is 0 Å². The molecule has 23 heavy (non-hydrogen) atoms. The van der Waals surface area contributed by atoms with Gasteiger partial charge in [-0.05, 0) is 52.1 Å². The van der Waals surface area contributed by atoms with Crippen molar-refractivity contribution in [3.63, 3.8) is 0 Å². The van der Waals surface area contributed by atoms with E-state index in [1.165, 1.54) is 37.8 Å². The van der Waals surface area contributed by atoms with E-state index >= 15 is 0 Å². The smallest absolute Gasteiger partial charge is 0.230 e. The van der Waals surface area contributed by atoms with Gasteiger partial charge in [0.1, 0.15) is 0 Å². The van der Waals surface area contributed by atoms with Crippen LogP contribution in [0.25, 0.3) is 0 Å². The zero-order valence-corrected chi connectivity index (χ0v) is 14.0. The molecule has 1 atom stereocenters. The molecule has 0 N–H and O–H groups in total. The van der Waals surface area contributed by atoms with Crippen LogP contribution in [0.15, 0.2) is 10.5 Å². The lowest BCUT2D eigenvalue weighted by Crippen LogP contribution is -2.42. The Bertz CT molecular complexity index is 672. The van der Waals surface area contributed by atoms with E-state index in [4.69, 9.17) is 4.42 Å². The quantitative estimate of drug-likeness (QED) is 0.849. The molecule has 1 aliphatic carbocycles. The topological polar surface area (TPSA) is 60.0 Å². The average molecular weight is 315 g/mol. The van der Waals surface area contributed by atoms with Crippen LogP contribution in [0.2, 0.25) is 0 Å². The van der Waals surface area contributed by atoms with Gasteiger partial charge in [-0.2, -0.15) is 5.10 Å². The van der Waals surface area contributed by atoms with Gasteiger partial charge >= 0.3 is 0 Å². The maximum absolute atomic E-state index is 5.85. The first kappa shape index (κ1) is 14.9. The number of aryl methyl sites for hydroxylation is 2. The summed E-state index contributed by atoms with van der Waals surface area (Å²) in [7, 11) is 0. The molecule has 4 rings (SSSR count). The van der Waals surface area contributed by atoms with E-state index in [-0.39, 0.29) is 0 Å². The fourth-order valence-electron chi connectivity index (χ4n) is 3.53. The third kappa shape index (κ3) is 3.32. The summed E-state index contributed by atoms with van der Waals surface area (Å²) in [5, 5.41) is 13.1. The van der Waals surface area contributed by atoms with E-state index in [0.29, 0.717) is 12.0 Å². The highest BCUT2D eigenvalue weighted by Crippen LogP contribution is 2.39. The summed E-state index contributed by atoms with van der Waals surface area (Å²) < 4.78 is 7.99. The number of rotatable bonds is 5. The highest BCUT2D eigenvalue weighted by Gasteiger charge is 2.30. The minimum atomic E-state index is 0.498. The highest BCUT2D eigenvalue weighted by atomic mass is 16.4. The maximum atomic E-state index is 5.85. The van der Waals surface area contributed by atoms with Crippen LogP contribution in [0.1, 0.15) is 61.2 Å². The van der Waals surface area contributed by atoms with Gasteiger partial charge in [0, 0.05) is 17.7 Å². The van der Waals surface area contributed by atoms with Crippen molar-refractivity contribution in [1.29, 1.82) is 0 Å². The van der Waals surface area contributed by atoms with Crippen LogP contribution >= 0.6 is 0 Å². The first-order valence-electron chi connectivity index (χ1n) is 8.76. The fourth-order valence-corrected chi connectivity index (χ4v) is 3.53. The Balaban J connectivity index is 1.44. The van der Waals surface area contributed by atoms with Crippen molar-refractivity contribution >= 4 is 0 Å². The molecule has 2 aromatic rings. The Labute approximate surface area is 136 Å². The number of likely N-dealkylation sites (tertiary alicyclic amines) is 1. The monoisotopic (exact) mass is 315 g/mol. The molecule has 0 aromatic carbocycles. The predicted molar refractivity (Wildman–Crippen MR) is 86.0 cm³/mol. The standard InChI is InChI=1S/C17H25N5O/c1-12-9-13(2)22(20-12)10-15-5-3-4-8-21(15)11-16-18-19-17(23-16)14-6-7-14/h9,14-15H,3-8,10-11H2,1-2H3. The third-order valence-electron chi connectivity index (χ3n) is 4.98. The minimum absolute atomic E-state index is 0.498. The zero-order chi connectivity index (χ0) is 15.8. The summed E-state index contributed by atoms with van der Waals surface area (Å²) >= 11 is 0. The molecular formula is C17H25N5O. The summed E-state index contributed by atoms with van der Waals surface area (Å²) in [6.45, 7) is 7.01. The van der Waals surface area contributed by atoms with E-state index in [2.05, 4.69) is 44.8 Å². The molecule has 6 nitrogen and oxygen atoms in total. The third-order valence-corrected chi connectivity index (χ3v) is 4.98. The van der Waals surface area contributed by atoms with Gasteiger partial charge in [0.15, 0.2) is 0 Å². The van der Waals surface area contributed by atoms with Gasteiger partial charge in [-0.1, -0.05) is 6.42 Å². The molecule has 1 saturated carbocycles. The van der Waals surface area contributed by atoms with Crippen LogP contribution < -0.4 is 0 Å². The maximum Gasteiger partial charge on any atom is 0.230 e. The van der Waals surface area contributed by atoms with E-state index < -0.39 is 0 Å². The van der Waals surface area contributed by atoms with Crippen molar-refractivity contribution in [2.75, 3.05) is 6.54 Å². The van der Waals surface area contributed by atoms with Crippen LogP contribution in [0.5, 0.6) is 0 Å². The molecule has 124 valence electrons. The first-order valence-corrected chi connectivity index (χ1v) is 8.76. The summed E-state index contributed by atoms with van der Waals surface area (Å²) in [6, 6.07) is 2.64. The van der Waals surface area contributed by atoms with Crippen molar-refractivity contribution in [3.8, 4) is 0 Å². The Kier molecular flexibility index (Phi) is 3.93. The number of aromatic nitrogens is 4. The first-order chi connectivity index (χ1) is 11.2. The van der Waals surface area contributed by atoms with E-state index in [0.717, 1.165) is 37.1 Å². The van der Waals surface area contributed by atoms with Gasteiger partial charge in [0.05, 0.1) is 18.8 Å². The van der Waals surface area contributed by atoms with Crippen molar-refractivity contribution in [3.05, 3.63) is 29.2 Å². The zero-order valence-electron chi connectivity index (χ0n) is 14.0. The Morgan fingerprint density at radius 3 is 2.78 bits per heavy atom. The highest BCUT2D eigenvalue weighted by molar-refractivity contribution is 5.07. The SMILES string of the molecule is Cc1cc(C)n(CC2CCCCN2Cc2nnc(C3CC3)o2)n1. The summed E-state index contributed by atoms with van der Waals surface area (Å²) in [5.74, 6) is 2.14. The molecule has 6 heteroatoms. The molecule has 1 aliphatic heterocycles. The van der Waals surface area contributed by atoms with Crippen molar-refractivity contribution in [1.82, 2.24) is 24.9 Å². The molecule has 0 radical (unpaired) electrons. The van der Waals surface area contributed by atoms with Gasteiger partial charge in [-0.3, -0.25) is 9.58 Å². The molecular weight excluding hydrogens is 290 g/mol. The van der Waals surface area contributed by atoms with Crippen molar-refractivity contribution < 1.29 is 4.42 Å². The Morgan fingerprint density at radius 1 is 1.17 bits per heavy atom. The largest absolute Gasteiger partial charge is 0.424 e. The van der Waals surface area contributed by atoms with Gasteiger partial charge in [-0.15, -0.1) is 10.2 Å². The van der Waals surface area contributed by atoms with Gasteiger partial charge in [0.2, 0.25) is 11.8 Å². The van der Waals surface area contributed by atoms with Crippen LogP contribution in [0, 0.1) is 13.8 Å². The number of nitrogens with zero attached hydrogens (tertiary/aromatic N) is 5. The molecule has 0 amide bonds. The molecule has 2 aliphatic rings. The molecule has 3 heterocycles. The molecule has 0 spiro atoms. The number of hydrogen-bond donors (Lipinski definition) is 0. The number of hydrogen-bond acceptors (Lipinski definition) is 5. The summed E-state index contributed by atoms with van der Waals surface area (Å²) in [4.78, 5) is 2.49. The lowest BCUT2D eigenvalue weighted by molar-refractivity contribution is 0.110. The molecule has 2 aromatic heterocycles. The summed E-state index contributed by atoms with van der Waals surface area (Å²) in [6.07, 6.45) is 6.15. The van der Waals surface area contributed by atoms with Crippen LogP contribution in [0.4, 0.5) is 0 Å². The van der Waals surface area contributed by atoms with Crippen molar-refractivity contribution in [2.24, 2.45) is 0 Å². The van der Waals surface area contributed by atoms with Gasteiger partial charge < -0.3 is 4.42 Å². The second-order valence-electron chi connectivity index (χ2n) is 7.04. The molecule has 2 fully saturated rings. The molecule has 1 saturated heterocycles. The second-order valence-corrected chi connectivity index (χ2v) is 7.04. The predicted octanol–water partition coefficient (Wildman–Crippen LogP) is 2.82. The average Bonchev–Trinajstić information content (AvgIpc) is 3.20. The van der Waals surface area contributed by atoms with E-state index in [1.807, 2.05) is 0 Å². The van der Waals surface area contributed by atoms with Gasteiger partial charge in [-0.25, -0.2) is 0 Å². The Hall–Kier alpha value is -1.69. The van der Waals surface area contributed by atoms with Gasteiger partial charge in [0.25, 0.3) is 0 Å². The lowest BCUT2D eigenvalue weighted by Gasteiger charge is -2.34. The van der Waals surface area contributed by atoms with Crippen LogP contribution in [-0.2, 0) is 13.1 Å². The number of piperidine rings is 1. The van der Waals surface area contributed by atoms with E-state index in [1.54, 1.807) is 0 Å². The Morgan fingerprint density at radius 2 is 2.04 bits per heavy atom. The second kappa shape index (κ2) is 6.07. The normalized spacial score (nSPS) is 22.6. The van der Waals surface area contributed by atoms with Crippen molar-refractivity contribution in [2.45, 2.75) is 71.0 Å². The summed E-state index contributed by atoms with van der Waals surface area (Å²) in [5.41, 5.74) is 2.33. The van der Waals surface area contributed by atoms with Crippen LogP contribution in [0.3, 0.4) is 0 Å². The molecule has 1 unspecified atom stereocenters. The van der Waals surface area contributed by atoms with Crippen LogP contribution in [-0.4, -0.2) is 37.5 Å². The lowest BCUT2D eigenvalue weighted by atomic mass is 10.0. The molecule has 0 bridgehead atoms. The fraction of sp³-hybridized carbons (Fsp3) is 0.706. The minimum Gasteiger partial charge on any atom is -0.424 e.